The number of esters is 1. The molecule has 1 amide bonds. The largest absolute Gasteiger partial charge is 0.466 e. The van der Waals surface area contributed by atoms with Crippen LogP contribution in [-0.4, -0.2) is 25.0 Å². The minimum atomic E-state index is -0.329. The highest BCUT2D eigenvalue weighted by Gasteiger charge is 2.13. The average Bonchev–Trinajstić information content (AvgIpc) is 2.58. The fourth-order valence-corrected chi connectivity index (χ4v) is 2.73. The molecule has 0 aromatic heterocycles. The van der Waals surface area contributed by atoms with E-state index >= 15 is 0 Å². The Kier molecular flexibility index (Phi) is 7.52. The third kappa shape index (κ3) is 6.21. The summed E-state index contributed by atoms with van der Waals surface area (Å²) in [5, 5.41) is 6.60. The number of rotatable bonds is 7. The molecule has 0 atom stereocenters. The van der Waals surface area contributed by atoms with Gasteiger partial charge in [-0.25, -0.2) is 0 Å². The molecule has 0 saturated carbocycles. The number of carbonyl (C=O) groups is 2. The first kappa shape index (κ1) is 19.5. The van der Waals surface area contributed by atoms with Crippen LogP contribution in [0.2, 0.25) is 5.02 Å². The van der Waals surface area contributed by atoms with Crippen LogP contribution in [0.5, 0.6) is 0 Å². The monoisotopic (exact) mass is 472 g/mol. The van der Waals surface area contributed by atoms with Crippen molar-refractivity contribution in [3.8, 4) is 0 Å². The maximum absolute atomic E-state index is 12.5. The molecule has 0 fully saturated rings. The normalized spacial score (nSPS) is 10.2. The second kappa shape index (κ2) is 9.62. The number of hydrogen-bond acceptors (Lipinski definition) is 4. The summed E-state index contributed by atoms with van der Waals surface area (Å²) in [6, 6.07) is 12.8. The summed E-state index contributed by atoms with van der Waals surface area (Å²) in [4.78, 5) is 23.8. The number of hydrogen-bond donors (Lipinski definition) is 2. The highest BCUT2D eigenvalue weighted by molar-refractivity contribution is 14.1. The van der Waals surface area contributed by atoms with Gasteiger partial charge >= 0.3 is 5.97 Å². The molecule has 2 rings (SSSR count). The van der Waals surface area contributed by atoms with Crippen molar-refractivity contribution in [2.24, 2.45) is 0 Å². The zero-order chi connectivity index (χ0) is 18.2. The van der Waals surface area contributed by atoms with Crippen LogP contribution in [-0.2, 0) is 9.53 Å². The van der Waals surface area contributed by atoms with Crippen LogP contribution in [0, 0.1) is 3.57 Å². The molecule has 0 aliphatic carbocycles. The van der Waals surface area contributed by atoms with Gasteiger partial charge in [-0.05, 0) is 72.0 Å². The van der Waals surface area contributed by atoms with Crippen molar-refractivity contribution in [3.05, 3.63) is 56.6 Å². The van der Waals surface area contributed by atoms with Crippen LogP contribution in [0.3, 0.4) is 0 Å². The second-order valence-electron chi connectivity index (χ2n) is 5.13. The molecule has 0 aliphatic rings. The Morgan fingerprint density at radius 3 is 2.56 bits per heavy atom. The lowest BCUT2D eigenvalue weighted by molar-refractivity contribution is -0.142. The Labute approximate surface area is 165 Å². The predicted molar refractivity (Wildman–Crippen MR) is 107 cm³/mol. The van der Waals surface area contributed by atoms with E-state index in [4.69, 9.17) is 16.3 Å². The number of ether oxygens (including phenoxy) is 1. The summed E-state index contributed by atoms with van der Waals surface area (Å²) in [6.45, 7) is 2.31. The van der Waals surface area contributed by atoms with Gasteiger partial charge in [0.15, 0.2) is 0 Å². The van der Waals surface area contributed by atoms with E-state index in [1.54, 1.807) is 25.1 Å². The standard InChI is InChI=1S/C18H18ClIN2O3/c1-2-25-17(23)9-10-21-18(24)15-11-13(20)5-8-16(15)22-14-6-3-12(19)4-7-14/h3-8,11,22H,2,9-10H2,1H3,(H,21,24). The van der Waals surface area contributed by atoms with Gasteiger partial charge in [-0.2, -0.15) is 0 Å². The molecule has 0 spiro atoms. The summed E-state index contributed by atoms with van der Waals surface area (Å²) < 4.78 is 5.79. The molecule has 25 heavy (non-hydrogen) atoms. The zero-order valence-corrected chi connectivity index (χ0v) is 16.6. The van der Waals surface area contributed by atoms with Crippen LogP contribution >= 0.6 is 34.2 Å². The molecule has 2 aromatic rings. The van der Waals surface area contributed by atoms with Gasteiger partial charge in [-0.15, -0.1) is 0 Å². The number of nitrogens with one attached hydrogen (secondary N) is 2. The summed E-state index contributed by atoms with van der Waals surface area (Å²) in [5.41, 5.74) is 2.01. The van der Waals surface area contributed by atoms with E-state index in [1.165, 1.54) is 0 Å². The van der Waals surface area contributed by atoms with Crippen molar-refractivity contribution in [1.29, 1.82) is 0 Å². The quantitative estimate of drug-likeness (QED) is 0.464. The highest BCUT2D eigenvalue weighted by atomic mass is 127. The first-order valence-corrected chi connectivity index (χ1v) is 9.21. The third-order valence-corrected chi connectivity index (χ3v) is 4.19. The van der Waals surface area contributed by atoms with Crippen molar-refractivity contribution in [1.82, 2.24) is 5.32 Å². The van der Waals surface area contributed by atoms with Gasteiger partial charge in [0.05, 0.1) is 24.3 Å². The highest BCUT2D eigenvalue weighted by Crippen LogP contribution is 2.24. The van der Waals surface area contributed by atoms with Crippen LogP contribution in [0.25, 0.3) is 0 Å². The number of halogens is 2. The molecular formula is C18H18ClIN2O3. The van der Waals surface area contributed by atoms with Crippen molar-refractivity contribution < 1.29 is 14.3 Å². The van der Waals surface area contributed by atoms with Gasteiger partial charge in [0.1, 0.15) is 0 Å². The van der Waals surface area contributed by atoms with E-state index in [-0.39, 0.29) is 24.8 Å². The second-order valence-corrected chi connectivity index (χ2v) is 6.81. The molecule has 5 nitrogen and oxygen atoms in total. The summed E-state index contributed by atoms with van der Waals surface area (Å²) in [7, 11) is 0. The summed E-state index contributed by atoms with van der Waals surface area (Å²) in [6.07, 6.45) is 0.142. The topological polar surface area (TPSA) is 67.4 Å². The zero-order valence-electron chi connectivity index (χ0n) is 13.6. The van der Waals surface area contributed by atoms with E-state index in [1.807, 2.05) is 24.3 Å². The van der Waals surface area contributed by atoms with E-state index in [0.29, 0.717) is 22.9 Å². The summed E-state index contributed by atoms with van der Waals surface area (Å²) in [5.74, 6) is -0.579. The number of carbonyl (C=O) groups excluding carboxylic acids is 2. The van der Waals surface area contributed by atoms with Gasteiger partial charge in [-0.1, -0.05) is 11.6 Å². The van der Waals surface area contributed by atoms with Gasteiger partial charge in [0, 0.05) is 20.8 Å². The Hall–Kier alpha value is -1.80. The molecule has 0 radical (unpaired) electrons. The first-order chi connectivity index (χ1) is 12.0. The van der Waals surface area contributed by atoms with Crippen LogP contribution < -0.4 is 10.6 Å². The molecule has 0 aliphatic heterocycles. The SMILES string of the molecule is CCOC(=O)CCNC(=O)c1cc(I)ccc1Nc1ccc(Cl)cc1. The lowest BCUT2D eigenvalue weighted by atomic mass is 10.1. The van der Waals surface area contributed by atoms with Crippen molar-refractivity contribution in [2.75, 3.05) is 18.5 Å². The van der Waals surface area contributed by atoms with Crippen molar-refractivity contribution in [2.45, 2.75) is 13.3 Å². The van der Waals surface area contributed by atoms with E-state index in [2.05, 4.69) is 33.2 Å². The lowest BCUT2D eigenvalue weighted by Crippen LogP contribution is -2.27. The minimum absolute atomic E-state index is 0.142. The van der Waals surface area contributed by atoms with Crippen LogP contribution in [0.4, 0.5) is 11.4 Å². The van der Waals surface area contributed by atoms with E-state index < -0.39 is 0 Å². The number of benzene rings is 2. The molecule has 132 valence electrons. The maximum Gasteiger partial charge on any atom is 0.307 e. The summed E-state index contributed by atoms with van der Waals surface area (Å²) >= 11 is 8.04. The Balaban J connectivity index is 2.08. The predicted octanol–water partition coefficient (Wildman–Crippen LogP) is 4.37. The Morgan fingerprint density at radius 1 is 1.16 bits per heavy atom. The Morgan fingerprint density at radius 2 is 1.88 bits per heavy atom. The molecule has 0 heterocycles. The van der Waals surface area contributed by atoms with Gasteiger partial charge in [-0.3, -0.25) is 9.59 Å². The fourth-order valence-electron chi connectivity index (χ4n) is 2.11. The molecule has 0 unspecified atom stereocenters. The molecule has 2 N–H and O–H groups in total. The number of amides is 1. The van der Waals surface area contributed by atoms with Gasteiger partial charge in [0.25, 0.3) is 5.91 Å². The number of anilines is 2. The Bertz CT molecular complexity index is 750. The molecule has 0 bridgehead atoms. The lowest BCUT2D eigenvalue weighted by Gasteiger charge is -2.13. The van der Waals surface area contributed by atoms with Crippen LogP contribution in [0.1, 0.15) is 23.7 Å². The third-order valence-electron chi connectivity index (χ3n) is 3.27. The molecular weight excluding hydrogens is 455 g/mol. The van der Waals surface area contributed by atoms with E-state index in [0.717, 1.165) is 9.26 Å². The van der Waals surface area contributed by atoms with Crippen molar-refractivity contribution >= 4 is 57.4 Å². The minimum Gasteiger partial charge on any atom is -0.466 e. The van der Waals surface area contributed by atoms with Gasteiger partial charge in [0.2, 0.25) is 0 Å². The van der Waals surface area contributed by atoms with Gasteiger partial charge < -0.3 is 15.4 Å². The fraction of sp³-hybridized carbons (Fsp3) is 0.222. The van der Waals surface area contributed by atoms with E-state index in [9.17, 15) is 9.59 Å². The molecule has 0 saturated heterocycles. The first-order valence-electron chi connectivity index (χ1n) is 7.75. The molecule has 7 heteroatoms. The van der Waals surface area contributed by atoms with Crippen molar-refractivity contribution in [3.63, 3.8) is 0 Å². The molecule has 2 aromatic carbocycles. The average molecular weight is 473 g/mol. The maximum atomic E-state index is 12.5. The van der Waals surface area contributed by atoms with Crippen LogP contribution in [0.15, 0.2) is 42.5 Å². The smallest absolute Gasteiger partial charge is 0.307 e.